The summed E-state index contributed by atoms with van der Waals surface area (Å²) in [7, 11) is 0. The molecule has 0 aliphatic rings. The van der Waals surface area contributed by atoms with Gasteiger partial charge in [0.2, 0.25) is 5.91 Å². The first kappa shape index (κ1) is 21.0. The SMILES string of the molecule is NC(=O)c1ccc(-c2ccc3nnn(Cc4cc5cccnc5cc4F)c3n2)cc1CCCl. The third kappa shape index (κ3) is 4.01. The summed E-state index contributed by atoms with van der Waals surface area (Å²) in [5.74, 6) is -0.506. The van der Waals surface area contributed by atoms with Gasteiger partial charge >= 0.3 is 0 Å². The molecule has 5 rings (SSSR count). The Morgan fingerprint density at radius 3 is 2.76 bits per heavy atom. The molecule has 0 saturated carbocycles. The molecule has 3 aromatic heterocycles. The van der Waals surface area contributed by atoms with Gasteiger partial charge in [-0.05, 0) is 48.4 Å². The van der Waals surface area contributed by atoms with Gasteiger partial charge in [-0.2, -0.15) is 0 Å². The number of aryl methyl sites for hydroxylation is 1. The number of carbonyl (C=O) groups is 1. The summed E-state index contributed by atoms with van der Waals surface area (Å²) in [4.78, 5) is 20.6. The summed E-state index contributed by atoms with van der Waals surface area (Å²) in [6, 6.07) is 15.8. The Hall–Kier alpha value is -3.91. The second-order valence-corrected chi connectivity index (χ2v) is 7.98. The third-order valence-electron chi connectivity index (χ3n) is 5.48. The quantitative estimate of drug-likeness (QED) is 0.384. The maximum absolute atomic E-state index is 14.7. The zero-order chi connectivity index (χ0) is 22.9. The summed E-state index contributed by atoms with van der Waals surface area (Å²) in [5.41, 5.74) is 10.3. The number of rotatable bonds is 6. The maximum Gasteiger partial charge on any atom is 0.248 e. The van der Waals surface area contributed by atoms with Crippen molar-refractivity contribution >= 4 is 39.6 Å². The van der Waals surface area contributed by atoms with Crippen molar-refractivity contribution in [3.8, 4) is 11.3 Å². The number of fused-ring (bicyclic) bond motifs is 2. The third-order valence-corrected chi connectivity index (χ3v) is 5.67. The molecule has 2 N–H and O–H groups in total. The Labute approximate surface area is 193 Å². The van der Waals surface area contributed by atoms with E-state index in [1.165, 1.54) is 6.07 Å². The van der Waals surface area contributed by atoms with Crippen molar-refractivity contribution in [3.05, 3.63) is 83.3 Å². The van der Waals surface area contributed by atoms with Crippen LogP contribution in [0, 0.1) is 5.82 Å². The number of hydrogen-bond donors (Lipinski definition) is 1. The van der Waals surface area contributed by atoms with Crippen LogP contribution in [0.3, 0.4) is 0 Å². The normalized spacial score (nSPS) is 11.3. The summed E-state index contributed by atoms with van der Waals surface area (Å²) >= 11 is 5.90. The summed E-state index contributed by atoms with van der Waals surface area (Å²) < 4.78 is 16.3. The lowest BCUT2D eigenvalue weighted by Gasteiger charge is -2.09. The van der Waals surface area contributed by atoms with Gasteiger partial charge in [0, 0.05) is 40.2 Å². The molecule has 0 saturated heterocycles. The Balaban J connectivity index is 1.54. The Morgan fingerprint density at radius 1 is 1.06 bits per heavy atom. The molecule has 0 bridgehead atoms. The van der Waals surface area contributed by atoms with Crippen LogP contribution < -0.4 is 5.73 Å². The van der Waals surface area contributed by atoms with Crippen molar-refractivity contribution in [1.29, 1.82) is 0 Å². The zero-order valence-corrected chi connectivity index (χ0v) is 18.1. The predicted molar refractivity (Wildman–Crippen MR) is 125 cm³/mol. The fourth-order valence-corrected chi connectivity index (χ4v) is 4.05. The van der Waals surface area contributed by atoms with Crippen LogP contribution in [-0.4, -0.2) is 36.7 Å². The maximum atomic E-state index is 14.7. The number of pyridine rings is 2. The molecule has 0 fully saturated rings. The molecule has 33 heavy (non-hydrogen) atoms. The minimum absolute atomic E-state index is 0.168. The molecule has 164 valence electrons. The number of halogens is 2. The number of carbonyl (C=O) groups excluding carboxylic acids is 1. The molecular weight excluding hydrogens is 443 g/mol. The molecule has 3 heterocycles. The van der Waals surface area contributed by atoms with Gasteiger partial charge in [0.05, 0.1) is 17.8 Å². The second kappa shape index (κ2) is 8.55. The molecule has 0 aliphatic heterocycles. The highest BCUT2D eigenvalue weighted by molar-refractivity contribution is 6.18. The lowest BCUT2D eigenvalue weighted by molar-refractivity contribution is 0.0999. The summed E-state index contributed by atoms with van der Waals surface area (Å²) in [5, 5.41) is 9.18. The van der Waals surface area contributed by atoms with Crippen molar-refractivity contribution in [2.24, 2.45) is 5.73 Å². The average molecular weight is 461 g/mol. The molecule has 0 radical (unpaired) electrons. The number of nitrogens with two attached hydrogens (primary N) is 1. The van der Waals surface area contributed by atoms with E-state index in [1.807, 2.05) is 30.3 Å². The minimum atomic E-state index is -0.500. The molecule has 2 aromatic carbocycles. The summed E-state index contributed by atoms with van der Waals surface area (Å²) in [6.45, 7) is 0.168. The zero-order valence-electron chi connectivity index (χ0n) is 17.4. The number of amides is 1. The highest BCUT2D eigenvalue weighted by Gasteiger charge is 2.14. The van der Waals surface area contributed by atoms with Gasteiger partial charge in [0.15, 0.2) is 5.65 Å². The standard InChI is InChI=1S/C24H18ClFN6O/c25-8-7-14-10-16(3-4-18(14)23(27)33)20-5-6-21-24(29-20)32(31-30-21)13-17-11-15-2-1-9-28-22(15)12-19(17)26/h1-6,9-12H,7-8,13H2,(H2,27,33). The molecule has 5 aromatic rings. The van der Waals surface area contributed by atoms with Crippen molar-refractivity contribution < 1.29 is 9.18 Å². The van der Waals surface area contributed by atoms with Crippen LogP contribution in [-0.2, 0) is 13.0 Å². The Bertz CT molecular complexity index is 1520. The minimum Gasteiger partial charge on any atom is -0.366 e. The smallest absolute Gasteiger partial charge is 0.248 e. The highest BCUT2D eigenvalue weighted by Crippen LogP contribution is 2.25. The molecule has 0 spiro atoms. The predicted octanol–water partition coefficient (Wildman–Crippen LogP) is 4.11. The first-order valence-electron chi connectivity index (χ1n) is 10.3. The molecule has 0 aliphatic carbocycles. The van der Waals surface area contributed by atoms with E-state index < -0.39 is 5.91 Å². The largest absolute Gasteiger partial charge is 0.366 e. The number of aromatic nitrogens is 5. The Kier molecular flexibility index (Phi) is 5.43. The van der Waals surface area contributed by atoms with Crippen molar-refractivity contribution in [1.82, 2.24) is 25.0 Å². The lowest BCUT2D eigenvalue weighted by Crippen LogP contribution is -2.14. The number of alkyl halides is 1. The van der Waals surface area contributed by atoms with Crippen LogP contribution in [0.25, 0.3) is 33.3 Å². The van der Waals surface area contributed by atoms with E-state index in [0.29, 0.717) is 45.8 Å². The van der Waals surface area contributed by atoms with E-state index in [9.17, 15) is 9.18 Å². The number of nitrogens with zero attached hydrogens (tertiary/aromatic N) is 5. The van der Waals surface area contributed by atoms with Gasteiger partial charge in [0.1, 0.15) is 11.3 Å². The summed E-state index contributed by atoms with van der Waals surface area (Å²) in [6.07, 6.45) is 2.14. The van der Waals surface area contributed by atoms with E-state index in [4.69, 9.17) is 22.3 Å². The van der Waals surface area contributed by atoms with E-state index in [1.54, 1.807) is 29.1 Å². The van der Waals surface area contributed by atoms with Gasteiger partial charge < -0.3 is 5.73 Å². The van der Waals surface area contributed by atoms with Crippen LogP contribution >= 0.6 is 11.6 Å². The van der Waals surface area contributed by atoms with Gasteiger partial charge in [-0.15, -0.1) is 16.7 Å². The first-order valence-corrected chi connectivity index (χ1v) is 10.8. The van der Waals surface area contributed by atoms with Crippen LogP contribution in [0.4, 0.5) is 4.39 Å². The van der Waals surface area contributed by atoms with Gasteiger partial charge in [-0.3, -0.25) is 9.78 Å². The fourth-order valence-electron chi connectivity index (χ4n) is 3.85. The van der Waals surface area contributed by atoms with E-state index in [0.717, 1.165) is 16.5 Å². The Morgan fingerprint density at radius 2 is 1.94 bits per heavy atom. The molecule has 9 heteroatoms. The van der Waals surface area contributed by atoms with Crippen molar-refractivity contribution in [2.75, 3.05) is 5.88 Å². The van der Waals surface area contributed by atoms with Crippen LogP contribution in [0.5, 0.6) is 0 Å². The average Bonchev–Trinajstić information content (AvgIpc) is 3.21. The molecule has 0 unspecified atom stereocenters. The fraction of sp³-hybridized carbons (Fsp3) is 0.125. The van der Waals surface area contributed by atoms with E-state index in [-0.39, 0.29) is 12.4 Å². The lowest BCUT2D eigenvalue weighted by atomic mass is 9.99. The van der Waals surface area contributed by atoms with Crippen LogP contribution in [0.15, 0.2) is 60.8 Å². The number of hydrogen-bond acceptors (Lipinski definition) is 5. The molecule has 1 amide bonds. The number of benzene rings is 2. The first-order chi connectivity index (χ1) is 16.0. The number of primary amides is 1. The van der Waals surface area contributed by atoms with Gasteiger partial charge in [-0.1, -0.05) is 17.3 Å². The van der Waals surface area contributed by atoms with Crippen LogP contribution in [0.2, 0.25) is 0 Å². The van der Waals surface area contributed by atoms with Crippen LogP contribution in [0.1, 0.15) is 21.5 Å². The molecule has 0 atom stereocenters. The van der Waals surface area contributed by atoms with Gasteiger partial charge in [0.25, 0.3) is 0 Å². The highest BCUT2D eigenvalue weighted by atomic mass is 35.5. The topological polar surface area (TPSA) is 99.6 Å². The van der Waals surface area contributed by atoms with E-state index >= 15 is 0 Å². The molecule has 7 nitrogen and oxygen atoms in total. The second-order valence-electron chi connectivity index (χ2n) is 7.60. The van der Waals surface area contributed by atoms with Crippen molar-refractivity contribution in [3.63, 3.8) is 0 Å². The van der Waals surface area contributed by atoms with Crippen molar-refractivity contribution in [2.45, 2.75) is 13.0 Å². The molecular formula is C24H18ClFN6O. The van der Waals surface area contributed by atoms with E-state index in [2.05, 4.69) is 15.3 Å². The van der Waals surface area contributed by atoms with Gasteiger partial charge in [-0.25, -0.2) is 14.1 Å². The monoisotopic (exact) mass is 460 g/mol.